The minimum atomic E-state index is -0.460. The van der Waals surface area contributed by atoms with Crippen LogP contribution >= 0.6 is 0 Å². The smallest absolute Gasteiger partial charge is 0.273 e. The summed E-state index contributed by atoms with van der Waals surface area (Å²) in [5.41, 5.74) is 1.67. The summed E-state index contributed by atoms with van der Waals surface area (Å²) in [6, 6.07) is 13.4. The van der Waals surface area contributed by atoms with Crippen LogP contribution in [0.15, 0.2) is 48.5 Å². The standard InChI is InChI=1S/C16H13NO4/c18-9-3-6-13-4-1-5-14(10-13)12-21-16-8-2-7-15(11-16)17(19)20/h1-2,4-5,7-8,10-11,18H,9,12H2. The highest BCUT2D eigenvalue weighted by molar-refractivity contribution is 5.39. The highest BCUT2D eigenvalue weighted by Crippen LogP contribution is 2.20. The van der Waals surface area contributed by atoms with Gasteiger partial charge in [0.1, 0.15) is 19.0 Å². The number of hydrogen-bond donors (Lipinski definition) is 1. The van der Waals surface area contributed by atoms with E-state index in [-0.39, 0.29) is 18.9 Å². The lowest BCUT2D eigenvalue weighted by molar-refractivity contribution is -0.384. The molecule has 5 nitrogen and oxygen atoms in total. The van der Waals surface area contributed by atoms with E-state index < -0.39 is 4.92 Å². The first-order valence-electron chi connectivity index (χ1n) is 6.25. The number of non-ortho nitro benzene ring substituents is 1. The molecule has 21 heavy (non-hydrogen) atoms. The molecule has 0 aliphatic rings. The number of nitro groups is 1. The molecule has 0 amide bonds. The number of hydrogen-bond acceptors (Lipinski definition) is 4. The minimum Gasteiger partial charge on any atom is -0.489 e. The maximum atomic E-state index is 10.7. The van der Waals surface area contributed by atoms with Gasteiger partial charge in [-0.25, -0.2) is 0 Å². The summed E-state index contributed by atoms with van der Waals surface area (Å²) < 4.78 is 5.54. The second-order valence-electron chi connectivity index (χ2n) is 4.20. The second-order valence-corrected chi connectivity index (χ2v) is 4.20. The first kappa shape index (κ1) is 14.6. The average molecular weight is 283 g/mol. The third-order valence-electron chi connectivity index (χ3n) is 2.67. The summed E-state index contributed by atoms with van der Waals surface area (Å²) >= 11 is 0. The summed E-state index contributed by atoms with van der Waals surface area (Å²) in [6.45, 7) is 0.101. The molecule has 0 aromatic heterocycles. The molecule has 0 atom stereocenters. The lowest BCUT2D eigenvalue weighted by Crippen LogP contribution is -1.96. The zero-order valence-electron chi connectivity index (χ0n) is 11.2. The average Bonchev–Trinajstić information content (AvgIpc) is 2.51. The van der Waals surface area contributed by atoms with Gasteiger partial charge in [0.25, 0.3) is 5.69 Å². The number of nitrogens with zero attached hydrogens (tertiary/aromatic N) is 1. The number of ether oxygens (including phenoxy) is 1. The predicted molar refractivity (Wildman–Crippen MR) is 77.8 cm³/mol. The van der Waals surface area contributed by atoms with Crippen molar-refractivity contribution < 1.29 is 14.8 Å². The SMILES string of the molecule is O=[N+]([O-])c1cccc(OCc2cccc(C#CCO)c2)c1. The van der Waals surface area contributed by atoms with Gasteiger partial charge < -0.3 is 9.84 Å². The Bertz CT molecular complexity index is 701. The van der Waals surface area contributed by atoms with Crippen LogP contribution in [-0.4, -0.2) is 16.6 Å². The fourth-order valence-corrected chi connectivity index (χ4v) is 1.73. The summed E-state index contributed by atoms with van der Waals surface area (Å²) in [5, 5.41) is 19.4. The molecule has 2 aromatic carbocycles. The van der Waals surface area contributed by atoms with Crippen molar-refractivity contribution in [3.05, 3.63) is 69.8 Å². The summed E-state index contributed by atoms with van der Waals surface area (Å²) in [5.74, 6) is 5.83. The van der Waals surface area contributed by atoms with Crippen LogP contribution in [0.25, 0.3) is 0 Å². The molecule has 0 bridgehead atoms. The number of aliphatic hydroxyl groups is 1. The topological polar surface area (TPSA) is 72.6 Å². The van der Waals surface area contributed by atoms with Gasteiger partial charge in [-0.1, -0.05) is 30.0 Å². The third kappa shape index (κ3) is 4.34. The van der Waals surface area contributed by atoms with Gasteiger partial charge in [-0.2, -0.15) is 0 Å². The largest absolute Gasteiger partial charge is 0.489 e. The molecule has 1 N–H and O–H groups in total. The van der Waals surface area contributed by atoms with Crippen molar-refractivity contribution in [2.24, 2.45) is 0 Å². The minimum absolute atomic E-state index is 0.00457. The summed E-state index contributed by atoms with van der Waals surface area (Å²) in [7, 11) is 0. The van der Waals surface area contributed by atoms with Gasteiger partial charge >= 0.3 is 0 Å². The van der Waals surface area contributed by atoms with E-state index in [1.54, 1.807) is 12.1 Å². The molecule has 0 unspecified atom stereocenters. The van der Waals surface area contributed by atoms with E-state index >= 15 is 0 Å². The highest BCUT2D eigenvalue weighted by atomic mass is 16.6. The van der Waals surface area contributed by atoms with Crippen molar-refractivity contribution in [3.8, 4) is 17.6 Å². The first-order valence-corrected chi connectivity index (χ1v) is 6.25. The van der Waals surface area contributed by atoms with E-state index in [0.717, 1.165) is 11.1 Å². The van der Waals surface area contributed by atoms with Gasteiger partial charge in [0.05, 0.1) is 11.0 Å². The van der Waals surface area contributed by atoms with Crippen LogP contribution in [0.5, 0.6) is 5.75 Å². The Labute approximate surface area is 122 Å². The summed E-state index contributed by atoms with van der Waals surface area (Å²) in [6.07, 6.45) is 0. The Balaban J connectivity index is 2.06. The molecule has 0 saturated heterocycles. The molecule has 0 spiro atoms. The maximum Gasteiger partial charge on any atom is 0.273 e. The molecular formula is C16H13NO4. The van der Waals surface area contributed by atoms with Crippen LogP contribution in [0.3, 0.4) is 0 Å². The number of aliphatic hydroxyl groups excluding tert-OH is 1. The van der Waals surface area contributed by atoms with E-state index in [9.17, 15) is 10.1 Å². The van der Waals surface area contributed by atoms with Crippen LogP contribution in [0.4, 0.5) is 5.69 Å². The van der Waals surface area contributed by atoms with Gasteiger partial charge in [0.2, 0.25) is 0 Å². The molecule has 0 fully saturated rings. The van der Waals surface area contributed by atoms with E-state index in [0.29, 0.717) is 5.75 Å². The molecular weight excluding hydrogens is 270 g/mol. The van der Waals surface area contributed by atoms with Crippen molar-refractivity contribution in [3.63, 3.8) is 0 Å². The molecule has 5 heteroatoms. The van der Waals surface area contributed by atoms with Crippen LogP contribution in [-0.2, 0) is 6.61 Å². The van der Waals surface area contributed by atoms with E-state index in [4.69, 9.17) is 9.84 Å². The fraction of sp³-hybridized carbons (Fsp3) is 0.125. The van der Waals surface area contributed by atoms with E-state index in [1.807, 2.05) is 24.3 Å². The van der Waals surface area contributed by atoms with Gasteiger partial charge in [-0.15, -0.1) is 0 Å². The van der Waals surface area contributed by atoms with Gasteiger partial charge in [-0.3, -0.25) is 10.1 Å². The number of benzene rings is 2. The zero-order valence-corrected chi connectivity index (χ0v) is 11.2. The van der Waals surface area contributed by atoms with Gasteiger partial charge in [-0.05, 0) is 23.8 Å². The molecule has 0 heterocycles. The Morgan fingerprint density at radius 2 is 2.00 bits per heavy atom. The predicted octanol–water partition coefficient (Wildman–Crippen LogP) is 2.52. The van der Waals surface area contributed by atoms with Gasteiger partial charge in [0, 0.05) is 11.6 Å². The van der Waals surface area contributed by atoms with Crippen molar-refractivity contribution >= 4 is 5.69 Å². The molecule has 0 aliphatic heterocycles. The van der Waals surface area contributed by atoms with E-state index in [2.05, 4.69) is 11.8 Å². The second kappa shape index (κ2) is 7.08. The number of nitro benzene ring substituents is 1. The maximum absolute atomic E-state index is 10.7. The highest BCUT2D eigenvalue weighted by Gasteiger charge is 2.06. The quantitative estimate of drug-likeness (QED) is 0.531. The Morgan fingerprint density at radius 3 is 2.76 bits per heavy atom. The van der Waals surface area contributed by atoms with Crippen LogP contribution in [0, 0.1) is 22.0 Å². The van der Waals surface area contributed by atoms with Crippen molar-refractivity contribution in [1.82, 2.24) is 0 Å². The van der Waals surface area contributed by atoms with Gasteiger partial charge in [0.15, 0.2) is 0 Å². The lowest BCUT2D eigenvalue weighted by Gasteiger charge is -2.06. The molecule has 0 saturated carbocycles. The zero-order chi connectivity index (χ0) is 15.1. The van der Waals surface area contributed by atoms with Crippen LogP contribution in [0.2, 0.25) is 0 Å². The molecule has 0 aliphatic carbocycles. The van der Waals surface area contributed by atoms with E-state index in [1.165, 1.54) is 12.1 Å². The number of rotatable bonds is 4. The van der Waals surface area contributed by atoms with Crippen LogP contribution < -0.4 is 4.74 Å². The summed E-state index contributed by atoms with van der Waals surface area (Å²) in [4.78, 5) is 10.2. The van der Waals surface area contributed by atoms with Crippen molar-refractivity contribution in [2.75, 3.05) is 6.61 Å². The normalized spacial score (nSPS) is 9.57. The van der Waals surface area contributed by atoms with Crippen LogP contribution in [0.1, 0.15) is 11.1 Å². The third-order valence-corrected chi connectivity index (χ3v) is 2.67. The molecule has 2 rings (SSSR count). The molecule has 106 valence electrons. The van der Waals surface area contributed by atoms with Crippen molar-refractivity contribution in [2.45, 2.75) is 6.61 Å². The Morgan fingerprint density at radius 1 is 1.19 bits per heavy atom. The monoisotopic (exact) mass is 283 g/mol. The first-order chi connectivity index (χ1) is 10.2. The Kier molecular flexibility index (Phi) is 4.91. The Hall–Kier alpha value is -2.84. The molecule has 2 aromatic rings. The van der Waals surface area contributed by atoms with Crippen molar-refractivity contribution in [1.29, 1.82) is 0 Å². The fourth-order valence-electron chi connectivity index (χ4n) is 1.73. The lowest BCUT2D eigenvalue weighted by atomic mass is 10.1. The molecule has 0 radical (unpaired) electrons.